The second-order valence-corrected chi connectivity index (χ2v) is 10.0. The molecule has 0 aliphatic rings. The number of pyridine rings is 1. The number of hydrogen-bond donors (Lipinski definition) is 2. The average molecular weight is 494 g/mol. The molecule has 0 aliphatic heterocycles. The summed E-state index contributed by atoms with van der Waals surface area (Å²) in [5.74, 6) is -0.679. The number of nitrogens with zero attached hydrogens (tertiary/aromatic N) is 3. The van der Waals surface area contributed by atoms with Gasteiger partial charge in [-0.1, -0.05) is 36.4 Å². The summed E-state index contributed by atoms with van der Waals surface area (Å²) < 4.78 is 28.1. The van der Waals surface area contributed by atoms with Crippen LogP contribution in [0.4, 0.5) is 0 Å². The Balaban J connectivity index is 1.71. The predicted octanol–water partition coefficient (Wildman–Crippen LogP) is 4.58. The number of primary amides is 1. The Morgan fingerprint density at radius 3 is 2.47 bits per heavy atom. The van der Waals surface area contributed by atoms with E-state index in [4.69, 9.17) is 5.73 Å². The Hall–Kier alpha value is -4.76. The Labute approximate surface area is 206 Å². The lowest BCUT2D eigenvalue weighted by Crippen LogP contribution is -2.15. The third kappa shape index (κ3) is 3.37. The highest BCUT2D eigenvalue weighted by molar-refractivity contribution is 7.90. The number of carbonyl (C=O) groups excluding carboxylic acids is 1. The van der Waals surface area contributed by atoms with E-state index < -0.39 is 15.9 Å². The average Bonchev–Trinajstić information content (AvgIpc) is 3.56. The number of amides is 1. The fraction of sp³-hybridized carbons (Fsp3) is 0. The van der Waals surface area contributed by atoms with Crippen LogP contribution in [0, 0.1) is 0 Å². The van der Waals surface area contributed by atoms with Gasteiger partial charge in [-0.3, -0.25) is 9.78 Å². The first kappa shape index (κ1) is 21.8. The van der Waals surface area contributed by atoms with Crippen LogP contribution in [0.1, 0.15) is 10.5 Å². The van der Waals surface area contributed by atoms with Crippen LogP contribution in [0.5, 0.6) is 0 Å². The van der Waals surface area contributed by atoms with Gasteiger partial charge in [-0.05, 0) is 59.2 Å². The normalized spacial score (nSPS) is 11.8. The maximum atomic E-state index is 13.6. The number of nitrogens with two attached hydrogens (primary N) is 1. The van der Waals surface area contributed by atoms with E-state index in [1.165, 1.54) is 24.5 Å². The molecule has 6 rings (SSSR count). The molecular weight excluding hydrogens is 474 g/mol. The molecule has 1 amide bonds. The molecule has 0 radical (unpaired) electrons. The number of aromatic amines is 1. The highest BCUT2D eigenvalue weighted by Gasteiger charge is 2.24. The van der Waals surface area contributed by atoms with Gasteiger partial charge in [-0.25, -0.2) is 0 Å². The van der Waals surface area contributed by atoms with Gasteiger partial charge in [0, 0.05) is 34.2 Å². The van der Waals surface area contributed by atoms with Crippen LogP contribution in [0.15, 0.2) is 102 Å². The lowest BCUT2D eigenvalue weighted by atomic mass is 9.93. The van der Waals surface area contributed by atoms with Crippen LogP contribution in [0.2, 0.25) is 0 Å². The first-order valence-electron chi connectivity index (χ1n) is 11.1. The summed E-state index contributed by atoms with van der Waals surface area (Å²) in [6.45, 7) is 0. The van der Waals surface area contributed by atoms with E-state index >= 15 is 0 Å². The van der Waals surface area contributed by atoms with Crippen LogP contribution in [-0.2, 0) is 10.0 Å². The summed E-state index contributed by atoms with van der Waals surface area (Å²) in [4.78, 5) is 19.7. The highest BCUT2D eigenvalue weighted by Crippen LogP contribution is 2.38. The minimum absolute atomic E-state index is 0.0921. The van der Waals surface area contributed by atoms with Gasteiger partial charge in [0.2, 0.25) is 0 Å². The minimum Gasteiger partial charge on any atom is -0.364 e. The van der Waals surface area contributed by atoms with E-state index in [0.717, 1.165) is 26.1 Å². The van der Waals surface area contributed by atoms with Crippen molar-refractivity contribution in [2.75, 3.05) is 0 Å². The van der Waals surface area contributed by atoms with Crippen molar-refractivity contribution in [3.8, 4) is 22.3 Å². The Morgan fingerprint density at radius 1 is 0.861 bits per heavy atom. The number of H-pyrrole nitrogens is 1. The highest BCUT2D eigenvalue weighted by atomic mass is 32.2. The molecule has 0 saturated carbocycles. The molecule has 0 saturated heterocycles. The molecule has 3 aromatic carbocycles. The lowest BCUT2D eigenvalue weighted by molar-refractivity contribution is 0.0996. The zero-order valence-electron chi connectivity index (χ0n) is 18.8. The molecule has 6 aromatic rings. The molecule has 176 valence electrons. The van der Waals surface area contributed by atoms with E-state index in [0.29, 0.717) is 22.0 Å². The zero-order valence-corrected chi connectivity index (χ0v) is 19.6. The van der Waals surface area contributed by atoms with E-state index in [2.05, 4.69) is 15.1 Å². The molecule has 0 fully saturated rings. The van der Waals surface area contributed by atoms with Crippen molar-refractivity contribution >= 4 is 37.7 Å². The first-order valence-corrected chi connectivity index (χ1v) is 12.5. The van der Waals surface area contributed by atoms with Crippen LogP contribution < -0.4 is 5.73 Å². The van der Waals surface area contributed by atoms with Crippen molar-refractivity contribution in [1.29, 1.82) is 0 Å². The van der Waals surface area contributed by atoms with Crippen LogP contribution in [-0.4, -0.2) is 33.5 Å². The molecule has 0 unspecified atom stereocenters. The number of nitrogens with one attached hydrogen (secondary N) is 1. The van der Waals surface area contributed by atoms with Crippen molar-refractivity contribution in [2.45, 2.75) is 4.90 Å². The fourth-order valence-corrected chi connectivity index (χ4v) is 5.80. The predicted molar refractivity (Wildman–Crippen MR) is 138 cm³/mol. The van der Waals surface area contributed by atoms with Crippen molar-refractivity contribution in [1.82, 2.24) is 19.2 Å². The SMILES string of the molecule is NC(=O)c1ncccc1-c1cc(-c2cccc3[nH]ccc23)cc2c1cnn2S(=O)(=O)c1ccccc1. The van der Waals surface area contributed by atoms with Gasteiger partial charge in [0.05, 0.1) is 16.6 Å². The molecule has 0 aliphatic carbocycles. The Morgan fingerprint density at radius 2 is 1.67 bits per heavy atom. The molecule has 0 atom stereocenters. The van der Waals surface area contributed by atoms with Crippen molar-refractivity contribution in [2.24, 2.45) is 5.73 Å². The zero-order chi connectivity index (χ0) is 24.9. The summed E-state index contributed by atoms with van der Waals surface area (Å²) in [5.41, 5.74) is 9.79. The Kier molecular flexibility index (Phi) is 4.94. The maximum Gasteiger partial charge on any atom is 0.283 e. The summed E-state index contributed by atoms with van der Waals surface area (Å²) in [7, 11) is -3.99. The molecule has 8 nitrogen and oxygen atoms in total. The van der Waals surface area contributed by atoms with Gasteiger partial charge in [0.1, 0.15) is 5.69 Å². The second kappa shape index (κ2) is 8.17. The quantitative estimate of drug-likeness (QED) is 0.364. The fourth-order valence-electron chi connectivity index (χ4n) is 4.52. The number of hydrogen-bond acceptors (Lipinski definition) is 5. The van der Waals surface area contributed by atoms with E-state index in [1.54, 1.807) is 36.4 Å². The molecule has 36 heavy (non-hydrogen) atoms. The van der Waals surface area contributed by atoms with Crippen LogP contribution in [0.25, 0.3) is 44.1 Å². The largest absolute Gasteiger partial charge is 0.364 e. The third-order valence-corrected chi connectivity index (χ3v) is 7.78. The second-order valence-electron chi connectivity index (χ2n) is 8.27. The van der Waals surface area contributed by atoms with Crippen LogP contribution in [0.3, 0.4) is 0 Å². The third-order valence-electron chi connectivity index (χ3n) is 6.16. The topological polar surface area (TPSA) is 124 Å². The van der Waals surface area contributed by atoms with Crippen molar-refractivity contribution in [3.63, 3.8) is 0 Å². The number of benzene rings is 3. The van der Waals surface area contributed by atoms with Gasteiger partial charge >= 0.3 is 0 Å². The van der Waals surface area contributed by atoms with Gasteiger partial charge in [-0.2, -0.15) is 17.6 Å². The lowest BCUT2D eigenvalue weighted by Gasteiger charge is -2.13. The van der Waals surface area contributed by atoms with Crippen LogP contribution >= 0.6 is 0 Å². The molecule has 0 bridgehead atoms. The molecular formula is C27H19N5O3S. The standard InChI is InChI=1S/C27H19N5O3S/c28-27(33)26-21(9-5-12-30-26)22-14-17(19-8-4-10-24-20(19)11-13-29-24)15-25-23(22)16-31-32(25)36(34,35)18-6-2-1-3-7-18/h1-16,29H,(H2,28,33). The molecule has 3 heterocycles. The number of fused-ring (bicyclic) bond motifs is 2. The van der Waals surface area contributed by atoms with E-state index in [1.807, 2.05) is 36.5 Å². The molecule has 3 aromatic heterocycles. The monoisotopic (exact) mass is 493 g/mol. The Bertz CT molecular complexity index is 1890. The van der Waals surface area contributed by atoms with Crippen molar-refractivity contribution in [3.05, 3.63) is 103 Å². The summed E-state index contributed by atoms with van der Waals surface area (Å²) in [5, 5.41) is 5.80. The smallest absolute Gasteiger partial charge is 0.283 e. The van der Waals surface area contributed by atoms with Crippen molar-refractivity contribution < 1.29 is 13.2 Å². The summed E-state index contributed by atoms with van der Waals surface area (Å²) in [6, 6.07) is 23.1. The maximum absolute atomic E-state index is 13.6. The van der Waals surface area contributed by atoms with Gasteiger partial charge in [0.15, 0.2) is 0 Å². The first-order chi connectivity index (χ1) is 17.4. The van der Waals surface area contributed by atoms with E-state index in [9.17, 15) is 13.2 Å². The van der Waals surface area contributed by atoms with Gasteiger partial charge < -0.3 is 10.7 Å². The van der Waals surface area contributed by atoms with Gasteiger partial charge in [0.25, 0.3) is 15.9 Å². The van der Waals surface area contributed by atoms with Gasteiger partial charge in [-0.15, -0.1) is 0 Å². The minimum atomic E-state index is -3.99. The number of aromatic nitrogens is 4. The summed E-state index contributed by atoms with van der Waals surface area (Å²) in [6.07, 6.45) is 4.84. The summed E-state index contributed by atoms with van der Waals surface area (Å²) >= 11 is 0. The van der Waals surface area contributed by atoms with E-state index in [-0.39, 0.29) is 10.6 Å². The number of carbonyl (C=O) groups is 1. The molecule has 3 N–H and O–H groups in total. The number of rotatable bonds is 5. The molecule has 0 spiro atoms. The molecule has 9 heteroatoms.